The zero-order valence-electron chi connectivity index (χ0n) is 11.9. The van der Waals surface area contributed by atoms with Gasteiger partial charge in [0.1, 0.15) is 0 Å². The molecule has 1 N–H and O–H groups in total. The van der Waals surface area contributed by atoms with E-state index in [1.807, 2.05) is 24.5 Å². The van der Waals surface area contributed by atoms with Gasteiger partial charge in [0.05, 0.1) is 6.04 Å². The van der Waals surface area contributed by atoms with Crippen LogP contribution in [0.4, 0.5) is 5.69 Å². The summed E-state index contributed by atoms with van der Waals surface area (Å²) in [6.45, 7) is 2.09. The molecule has 0 spiro atoms. The maximum Gasteiger partial charge on any atom is 0.0569 e. The van der Waals surface area contributed by atoms with Crippen LogP contribution in [0.5, 0.6) is 0 Å². The molecule has 3 atom stereocenters. The second kappa shape index (κ2) is 4.88. The number of rotatable bonds is 1. The van der Waals surface area contributed by atoms with E-state index in [9.17, 15) is 0 Å². The van der Waals surface area contributed by atoms with Crippen LogP contribution in [0.25, 0.3) is 0 Å². The molecule has 21 heavy (non-hydrogen) atoms. The molecule has 0 radical (unpaired) electrons. The average molecular weight is 297 g/mol. The van der Waals surface area contributed by atoms with Crippen LogP contribution in [0.1, 0.15) is 35.1 Å². The van der Waals surface area contributed by atoms with Crippen molar-refractivity contribution in [1.82, 2.24) is 4.98 Å². The number of aromatic nitrogens is 1. The van der Waals surface area contributed by atoms with Crippen LogP contribution in [-0.2, 0) is 0 Å². The zero-order valence-corrected chi connectivity index (χ0v) is 12.6. The highest BCUT2D eigenvalue weighted by molar-refractivity contribution is 6.31. The number of anilines is 1. The van der Waals surface area contributed by atoms with Crippen molar-refractivity contribution < 1.29 is 0 Å². The summed E-state index contributed by atoms with van der Waals surface area (Å²) in [7, 11) is 0. The summed E-state index contributed by atoms with van der Waals surface area (Å²) in [6.07, 6.45) is 9.56. The van der Waals surface area contributed by atoms with Crippen molar-refractivity contribution in [2.45, 2.75) is 25.3 Å². The highest BCUT2D eigenvalue weighted by Gasteiger charge is 2.38. The highest BCUT2D eigenvalue weighted by Crippen LogP contribution is 2.51. The summed E-state index contributed by atoms with van der Waals surface area (Å²) in [4.78, 5) is 4.28. The number of pyridine rings is 1. The fourth-order valence-corrected chi connectivity index (χ4v) is 3.84. The Morgan fingerprint density at radius 2 is 2.19 bits per heavy atom. The lowest BCUT2D eigenvalue weighted by Crippen LogP contribution is -2.29. The first-order valence-corrected chi connectivity index (χ1v) is 7.75. The summed E-state index contributed by atoms with van der Waals surface area (Å²) in [5.74, 6) is 1.03. The van der Waals surface area contributed by atoms with E-state index >= 15 is 0 Å². The number of halogens is 1. The topological polar surface area (TPSA) is 24.9 Å². The standard InChI is InChI=1S/C18H17ClN2/c1-11-16(19)8-7-15-13-5-2-6-14(13)18(21-17(11)15)12-4-3-9-20-10-12/h2-5,7-10,13-14,18,21H,6H2,1H3. The molecule has 3 heteroatoms. The SMILES string of the molecule is Cc1c(Cl)ccc2c1NC(c1cccnc1)C1CC=CC21. The fraction of sp³-hybridized carbons (Fsp3) is 0.278. The van der Waals surface area contributed by atoms with Crippen LogP contribution < -0.4 is 5.32 Å². The maximum absolute atomic E-state index is 6.31. The lowest BCUT2D eigenvalue weighted by molar-refractivity contribution is 0.424. The van der Waals surface area contributed by atoms with Gasteiger partial charge in [-0.1, -0.05) is 35.9 Å². The van der Waals surface area contributed by atoms with Gasteiger partial charge in [0.15, 0.2) is 0 Å². The molecule has 2 nitrogen and oxygen atoms in total. The molecular formula is C18H17ClN2. The van der Waals surface area contributed by atoms with Gasteiger partial charge >= 0.3 is 0 Å². The van der Waals surface area contributed by atoms with Crippen molar-refractivity contribution in [2.24, 2.45) is 5.92 Å². The Hall–Kier alpha value is -1.80. The highest BCUT2D eigenvalue weighted by atomic mass is 35.5. The molecule has 1 aromatic heterocycles. The minimum Gasteiger partial charge on any atom is -0.377 e. The fourth-order valence-electron chi connectivity index (χ4n) is 3.68. The number of hydrogen-bond acceptors (Lipinski definition) is 2. The molecule has 2 heterocycles. The summed E-state index contributed by atoms with van der Waals surface area (Å²) in [5.41, 5.74) is 4.96. The van der Waals surface area contributed by atoms with Crippen LogP contribution in [0, 0.1) is 12.8 Å². The first kappa shape index (κ1) is 12.9. The van der Waals surface area contributed by atoms with Gasteiger partial charge in [-0.25, -0.2) is 0 Å². The second-order valence-corrected chi connectivity index (χ2v) is 6.31. The van der Waals surface area contributed by atoms with Crippen molar-refractivity contribution in [3.63, 3.8) is 0 Å². The largest absolute Gasteiger partial charge is 0.377 e. The first-order valence-electron chi connectivity index (χ1n) is 7.38. The number of fused-ring (bicyclic) bond motifs is 3. The van der Waals surface area contributed by atoms with E-state index in [0.717, 1.165) is 17.0 Å². The number of nitrogens with one attached hydrogen (secondary N) is 1. The normalized spacial score (nSPS) is 26.1. The molecule has 3 unspecified atom stereocenters. The average Bonchev–Trinajstić information content (AvgIpc) is 3.00. The Morgan fingerprint density at radius 1 is 1.29 bits per heavy atom. The summed E-state index contributed by atoms with van der Waals surface area (Å²) in [6, 6.07) is 8.65. The molecule has 0 amide bonds. The van der Waals surface area contributed by atoms with Crippen LogP contribution >= 0.6 is 11.6 Å². The van der Waals surface area contributed by atoms with Crippen LogP contribution in [-0.4, -0.2) is 4.98 Å². The quantitative estimate of drug-likeness (QED) is 0.759. The van der Waals surface area contributed by atoms with Crippen molar-refractivity contribution in [3.8, 4) is 0 Å². The molecule has 4 rings (SSSR count). The molecule has 0 bridgehead atoms. The van der Waals surface area contributed by atoms with Gasteiger partial charge in [0, 0.05) is 29.0 Å². The van der Waals surface area contributed by atoms with E-state index in [1.54, 1.807) is 0 Å². The molecule has 0 saturated heterocycles. The molecule has 0 fully saturated rings. The van der Waals surface area contributed by atoms with E-state index in [0.29, 0.717) is 17.9 Å². The maximum atomic E-state index is 6.31. The molecule has 2 aromatic rings. The number of nitrogens with zero attached hydrogens (tertiary/aromatic N) is 1. The third-order valence-electron chi connectivity index (χ3n) is 4.77. The van der Waals surface area contributed by atoms with Crippen LogP contribution in [0.15, 0.2) is 48.8 Å². The van der Waals surface area contributed by atoms with Gasteiger partial charge in [-0.15, -0.1) is 0 Å². The summed E-state index contributed by atoms with van der Waals surface area (Å²) in [5, 5.41) is 4.55. The molecule has 106 valence electrons. The van der Waals surface area contributed by atoms with Crippen molar-refractivity contribution >= 4 is 17.3 Å². The third-order valence-corrected chi connectivity index (χ3v) is 5.18. The van der Waals surface area contributed by atoms with Gasteiger partial charge in [-0.3, -0.25) is 4.98 Å². The van der Waals surface area contributed by atoms with Crippen molar-refractivity contribution in [3.05, 3.63) is 70.5 Å². The van der Waals surface area contributed by atoms with Crippen LogP contribution in [0.2, 0.25) is 5.02 Å². The number of hydrogen-bond donors (Lipinski definition) is 1. The molecular weight excluding hydrogens is 280 g/mol. The Labute approximate surface area is 129 Å². The molecule has 2 aliphatic rings. The summed E-state index contributed by atoms with van der Waals surface area (Å²) >= 11 is 6.31. The summed E-state index contributed by atoms with van der Waals surface area (Å²) < 4.78 is 0. The molecule has 1 aliphatic heterocycles. The van der Waals surface area contributed by atoms with Gasteiger partial charge in [-0.05, 0) is 48.1 Å². The van der Waals surface area contributed by atoms with Gasteiger partial charge in [-0.2, -0.15) is 0 Å². The molecule has 0 saturated carbocycles. The zero-order chi connectivity index (χ0) is 14.4. The predicted octanol–water partition coefficient (Wildman–Crippen LogP) is 4.87. The Balaban J connectivity index is 1.85. The Morgan fingerprint density at radius 3 is 3.00 bits per heavy atom. The predicted molar refractivity (Wildman–Crippen MR) is 86.8 cm³/mol. The minimum atomic E-state index is 0.295. The second-order valence-electron chi connectivity index (χ2n) is 5.90. The number of allylic oxidation sites excluding steroid dienone is 2. The van der Waals surface area contributed by atoms with E-state index in [4.69, 9.17) is 11.6 Å². The minimum absolute atomic E-state index is 0.295. The molecule has 1 aliphatic carbocycles. The third kappa shape index (κ3) is 1.97. The van der Waals surface area contributed by atoms with E-state index in [1.165, 1.54) is 16.8 Å². The Bertz CT molecular complexity index is 709. The Kier molecular flexibility index (Phi) is 3.00. The number of benzene rings is 1. The van der Waals surface area contributed by atoms with E-state index in [-0.39, 0.29) is 0 Å². The van der Waals surface area contributed by atoms with Crippen LogP contribution in [0.3, 0.4) is 0 Å². The lowest BCUT2D eigenvalue weighted by atomic mass is 9.76. The van der Waals surface area contributed by atoms with Crippen molar-refractivity contribution in [1.29, 1.82) is 0 Å². The van der Waals surface area contributed by atoms with Gasteiger partial charge in [0.25, 0.3) is 0 Å². The first-order chi connectivity index (χ1) is 10.3. The van der Waals surface area contributed by atoms with Gasteiger partial charge in [0.2, 0.25) is 0 Å². The van der Waals surface area contributed by atoms with Crippen molar-refractivity contribution in [2.75, 3.05) is 5.32 Å². The molecule has 1 aromatic carbocycles. The van der Waals surface area contributed by atoms with E-state index < -0.39 is 0 Å². The van der Waals surface area contributed by atoms with E-state index in [2.05, 4.69) is 41.5 Å². The van der Waals surface area contributed by atoms with Gasteiger partial charge < -0.3 is 5.32 Å². The smallest absolute Gasteiger partial charge is 0.0569 e. The lowest BCUT2D eigenvalue weighted by Gasteiger charge is -2.38. The monoisotopic (exact) mass is 296 g/mol.